The van der Waals surface area contributed by atoms with Crippen molar-refractivity contribution in [3.05, 3.63) is 53.6 Å². The van der Waals surface area contributed by atoms with E-state index >= 15 is 0 Å². The number of aliphatic carboxylic acids is 1. The van der Waals surface area contributed by atoms with Crippen LogP contribution in [-0.4, -0.2) is 53.5 Å². The first-order valence-corrected chi connectivity index (χ1v) is 16.9. The van der Waals surface area contributed by atoms with Gasteiger partial charge in [0.25, 0.3) is 0 Å². The highest BCUT2D eigenvalue weighted by molar-refractivity contribution is 7.89. The van der Waals surface area contributed by atoms with Crippen LogP contribution < -0.4 is 4.72 Å². The maximum atomic E-state index is 13.5. The zero-order valence-electron chi connectivity index (χ0n) is 26.0. The molecule has 2 aromatic carbocycles. The minimum Gasteiger partial charge on any atom is -0.481 e. The van der Waals surface area contributed by atoms with Crippen molar-refractivity contribution < 1.29 is 23.1 Å². The number of hydrogen-bond acceptors (Lipinski definition) is 5. The van der Waals surface area contributed by atoms with Gasteiger partial charge < -0.3 is 14.6 Å². The third kappa shape index (κ3) is 6.40. The number of benzene rings is 2. The number of nitrogens with zero attached hydrogens (tertiary/aromatic N) is 3. The number of aryl methyl sites for hydroxylation is 2. The monoisotopic (exact) mass is 618 g/mol. The van der Waals surface area contributed by atoms with Gasteiger partial charge in [-0.05, 0) is 73.6 Å². The summed E-state index contributed by atoms with van der Waals surface area (Å²) in [6.45, 7) is 7.37. The third-order valence-corrected chi connectivity index (χ3v) is 10.9. The van der Waals surface area contributed by atoms with Crippen LogP contribution in [0.1, 0.15) is 76.8 Å². The lowest BCUT2D eigenvalue weighted by Crippen LogP contribution is -2.47. The lowest BCUT2D eigenvalue weighted by Gasteiger charge is -2.38. The minimum atomic E-state index is -3.83. The van der Waals surface area contributed by atoms with E-state index in [1.54, 1.807) is 18.2 Å². The van der Waals surface area contributed by atoms with Gasteiger partial charge in [-0.15, -0.1) is 0 Å². The summed E-state index contributed by atoms with van der Waals surface area (Å²) in [7, 11) is -2.02. The Hall–Kier alpha value is -3.68. The predicted molar refractivity (Wildman–Crippen MR) is 169 cm³/mol. The molecule has 1 aliphatic heterocycles. The number of fused-ring (bicyclic) bond motifs is 1. The van der Waals surface area contributed by atoms with Gasteiger partial charge in [-0.3, -0.25) is 9.59 Å². The molecule has 0 bridgehead atoms. The number of nitriles is 1. The zero-order valence-corrected chi connectivity index (χ0v) is 26.8. The Morgan fingerprint density at radius 2 is 1.73 bits per heavy atom. The van der Waals surface area contributed by atoms with E-state index in [4.69, 9.17) is 5.11 Å². The van der Waals surface area contributed by atoms with E-state index in [1.165, 1.54) is 0 Å². The Morgan fingerprint density at radius 3 is 2.34 bits per heavy atom. The van der Waals surface area contributed by atoms with Crippen LogP contribution in [0.3, 0.4) is 0 Å². The molecule has 1 aromatic heterocycles. The van der Waals surface area contributed by atoms with Crippen molar-refractivity contribution in [1.29, 1.82) is 5.26 Å². The van der Waals surface area contributed by atoms with E-state index in [1.807, 2.05) is 35.9 Å². The summed E-state index contributed by atoms with van der Waals surface area (Å²) in [5, 5.41) is 19.7. The molecule has 1 amide bonds. The van der Waals surface area contributed by atoms with Crippen LogP contribution in [0.15, 0.2) is 47.4 Å². The summed E-state index contributed by atoms with van der Waals surface area (Å²) in [6, 6.07) is 14.6. The maximum Gasteiger partial charge on any atom is 0.303 e. The molecule has 0 unspecified atom stereocenters. The lowest BCUT2D eigenvalue weighted by atomic mass is 9.82. The molecular formula is C34H42N4O5S. The highest BCUT2D eigenvalue weighted by atomic mass is 32.2. The Morgan fingerprint density at radius 1 is 1.05 bits per heavy atom. The molecule has 234 valence electrons. The molecule has 2 aliphatic rings. The van der Waals surface area contributed by atoms with E-state index in [0.717, 1.165) is 30.5 Å². The first-order valence-electron chi connectivity index (χ1n) is 15.5. The molecule has 9 nitrogen and oxygen atoms in total. The number of likely N-dealkylation sites (tertiary alicyclic amines) is 1. The van der Waals surface area contributed by atoms with Crippen LogP contribution in [0, 0.1) is 22.7 Å². The Kier molecular flexibility index (Phi) is 8.92. The number of carboxylic acid groups (broad SMARTS) is 1. The molecule has 1 aliphatic carbocycles. The van der Waals surface area contributed by atoms with Gasteiger partial charge in [0.15, 0.2) is 0 Å². The van der Waals surface area contributed by atoms with Crippen LogP contribution in [0.4, 0.5) is 0 Å². The molecule has 10 heteroatoms. The second kappa shape index (κ2) is 12.4. The second-order valence-corrected chi connectivity index (χ2v) is 15.1. The fraction of sp³-hybridized carbons (Fsp3) is 0.500. The maximum absolute atomic E-state index is 13.5. The Bertz CT molecular complexity index is 1710. The summed E-state index contributed by atoms with van der Waals surface area (Å²) in [6.07, 6.45) is 5.08. The van der Waals surface area contributed by atoms with Gasteiger partial charge in [-0.1, -0.05) is 51.1 Å². The average molecular weight is 619 g/mol. The lowest BCUT2D eigenvalue weighted by molar-refractivity contribution is -0.139. The number of amides is 1. The highest BCUT2D eigenvalue weighted by Gasteiger charge is 2.40. The second-order valence-electron chi connectivity index (χ2n) is 13.4. The smallest absolute Gasteiger partial charge is 0.303 e. The molecule has 1 saturated heterocycles. The normalized spacial score (nSPS) is 21.0. The average Bonchev–Trinajstić information content (AvgIpc) is 3.59. The first kappa shape index (κ1) is 31.7. The molecule has 2 N–H and O–H groups in total. The largest absolute Gasteiger partial charge is 0.481 e. The van der Waals surface area contributed by atoms with Crippen LogP contribution in [0.5, 0.6) is 0 Å². The minimum absolute atomic E-state index is 0.0398. The fourth-order valence-electron chi connectivity index (χ4n) is 7.03. The van der Waals surface area contributed by atoms with Crippen molar-refractivity contribution in [3.63, 3.8) is 0 Å². The molecule has 0 radical (unpaired) electrons. The van der Waals surface area contributed by atoms with Gasteiger partial charge >= 0.3 is 5.97 Å². The van der Waals surface area contributed by atoms with Crippen molar-refractivity contribution in [2.24, 2.45) is 18.4 Å². The number of carbonyl (C=O) groups is 2. The summed E-state index contributed by atoms with van der Waals surface area (Å²) in [5.74, 6) is -0.700. The fourth-order valence-corrected chi connectivity index (χ4v) is 8.35. The molecule has 1 saturated carbocycles. The van der Waals surface area contributed by atoms with Crippen LogP contribution >= 0.6 is 0 Å². The molecule has 5 rings (SSSR count). The van der Waals surface area contributed by atoms with E-state index in [0.29, 0.717) is 54.3 Å². The first-order chi connectivity index (χ1) is 20.8. The van der Waals surface area contributed by atoms with Crippen LogP contribution in [-0.2, 0) is 33.1 Å². The quantitative estimate of drug-likeness (QED) is 0.337. The van der Waals surface area contributed by atoms with Crippen LogP contribution in [0.25, 0.3) is 22.2 Å². The third-order valence-electron chi connectivity index (χ3n) is 9.38. The molecule has 0 spiro atoms. The van der Waals surface area contributed by atoms with Gasteiger partial charge in [-0.25, -0.2) is 13.1 Å². The molecule has 44 heavy (non-hydrogen) atoms. The summed E-state index contributed by atoms with van der Waals surface area (Å²) in [4.78, 5) is 26.5. The molecule has 1 atom stereocenters. The number of carboxylic acids is 1. The Labute approximate surface area is 259 Å². The zero-order chi connectivity index (χ0) is 31.8. The number of nitrogens with one attached hydrogen (secondary N) is 1. The summed E-state index contributed by atoms with van der Waals surface area (Å²) < 4.78 is 31.7. The van der Waals surface area contributed by atoms with Crippen molar-refractivity contribution in [1.82, 2.24) is 14.2 Å². The van der Waals surface area contributed by atoms with Gasteiger partial charge in [0.1, 0.15) is 6.07 Å². The van der Waals surface area contributed by atoms with Crippen molar-refractivity contribution in [3.8, 4) is 17.3 Å². The Balaban J connectivity index is 1.30. The number of carbonyl (C=O) groups excluding carboxylic acids is 1. The van der Waals surface area contributed by atoms with E-state index in [2.05, 4.69) is 36.5 Å². The van der Waals surface area contributed by atoms with E-state index < -0.39 is 16.0 Å². The molecule has 2 heterocycles. The number of aromatic nitrogens is 1. The van der Waals surface area contributed by atoms with Crippen molar-refractivity contribution in [2.75, 3.05) is 6.54 Å². The topological polar surface area (TPSA) is 132 Å². The van der Waals surface area contributed by atoms with Gasteiger partial charge in [-0.2, -0.15) is 5.26 Å². The van der Waals surface area contributed by atoms with E-state index in [-0.39, 0.29) is 40.6 Å². The summed E-state index contributed by atoms with van der Waals surface area (Å²) >= 11 is 0. The number of hydrogen-bond donors (Lipinski definition) is 2. The molecule has 2 fully saturated rings. The van der Waals surface area contributed by atoms with E-state index in [9.17, 15) is 23.3 Å². The SMILES string of the molecule is Cn1c(-c2ccc(CCC(=O)O)cc2)c(C#N)c2ccc(S(=O)(=O)NC3CCC(C(=O)N4CCC[C@@H]4C(C)(C)C)CC3)cc21. The predicted octanol–water partition coefficient (Wildman–Crippen LogP) is 5.61. The standard InChI is InChI=1S/C34H42N4O5S/c1-34(2,3)30-6-5-19-38(30)33(41)24-12-14-25(15-13-24)36-44(42,43)26-16-17-27-28(21-35)32(37(4)29(27)20-26)23-10-7-22(8-11-23)9-18-31(39)40/h7-8,10-11,16-17,20,24-25,30,36H,5-6,9,12-15,18-19H2,1-4H3,(H,39,40)/t24?,25?,30-/m1/s1. The number of sulfonamides is 1. The molecule has 3 aromatic rings. The highest BCUT2D eigenvalue weighted by Crippen LogP contribution is 2.37. The van der Waals surface area contributed by atoms with Crippen molar-refractivity contribution >= 4 is 32.8 Å². The van der Waals surface area contributed by atoms with Crippen molar-refractivity contribution in [2.45, 2.75) is 89.1 Å². The van der Waals surface area contributed by atoms with Crippen LogP contribution in [0.2, 0.25) is 0 Å². The van der Waals surface area contributed by atoms with Gasteiger partial charge in [0, 0.05) is 43.4 Å². The summed E-state index contributed by atoms with van der Waals surface area (Å²) in [5.41, 5.74) is 3.47. The number of rotatable bonds is 8. The molecular weight excluding hydrogens is 576 g/mol. The van der Waals surface area contributed by atoms with Gasteiger partial charge in [0.05, 0.1) is 21.7 Å². The van der Waals surface area contributed by atoms with Gasteiger partial charge in [0.2, 0.25) is 15.9 Å².